The third-order valence-electron chi connectivity index (χ3n) is 9.60. The van der Waals surface area contributed by atoms with E-state index in [1.807, 2.05) is 0 Å². The molecule has 0 saturated carbocycles. The monoisotopic (exact) mass is 638 g/mol. The molecule has 7 rings (SSSR count). The molecule has 1 amide bonds. The first kappa shape index (κ1) is 30.3. The summed E-state index contributed by atoms with van der Waals surface area (Å²) in [6.07, 6.45) is 1.85. The van der Waals surface area contributed by atoms with Gasteiger partial charge >= 0.3 is 6.01 Å². The number of benzene rings is 2. The Bertz CT molecular complexity index is 1880. The van der Waals surface area contributed by atoms with Gasteiger partial charge in [-0.2, -0.15) is 9.97 Å². The van der Waals surface area contributed by atoms with Crippen molar-refractivity contribution >= 4 is 33.4 Å². The van der Waals surface area contributed by atoms with Gasteiger partial charge in [0.15, 0.2) is 17.5 Å². The number of carbonyl (C=O) groups excluding carboxylic acids is 1. The quantitative estimate of drug-likeness (QED) is 0.199. The number of amides is 1. The van der Waals surface area contributed by atoms with Gasteiger partial charge in [0.1, 0.15) is 36.0 Å². The molecule has 3 saturated heterocycles. The first-order valence-electron chi connectivity index (χ1n) is 15.1. The zero-order chi connectivity index (χ0) is 32.3. The molecule has 0 bridgehead atoms. The van der Waals surface area contributed by atoms with E-state index >= 15 is 13.2 Å². The lowest BCUT2D eigenvalue weighted by Crippen LogP contribution is -2.43. The standard InChI is InChI=1S/C33H31F5N6O2/c1-3-25(45)43-15-23(36)24(16-43)42(2)31-21-13-39-29(20-7-4-6-18-8-9-22(35)27(37)26(18)20)28(38)30(21)40-32(41-31)46-17-33-10-5-11-44(33)14-19(34)12-33/h3-4,6-9,13,19,23-24H,1,5,10-12,14-17H2,2H3/t19-,23+,24+,33+/m1/s1. The number of pyridine rings is 1. The molecule has 3 fully saturated rings. The van der Waals surface area contributed by atoms with Gasteiger partial charge in [0, 0.05) is 43.7 Å². The summed E-state index contributed by atoms with van der Waals surface area (Å²) in [5.74, 6) is -3.49. The maximum Gasteiger partial charge on any atom is 0.319 e. The zero-order valence-electron chi connectivity index (χ0n) is 25.0. The number of anilines is 1. The molecule has 0 spiro atoms. The second-order valence-corrected chi connectivity index (χ2v) is 12.3. The zero-order valence-corrected chi connectivity index (χ0v) is 25.0. The van der Waals surface area contributed by atoms with E-state index in [9.17, 15) is 13.6 Å². The number of ether oxygens (including phenoxy) is 1. The molecule has 0 unspecified atom stereocenters. The van der Waals surface area contributed by atoms with Crippen molar-refractivity contribution < 1.29 is 31.5 Å². The predicted molar refractivity (Wildman–Crippen MR) is 163 cm³/mol. The van der Waals surface area contributed by atoms with Crippen LogP contribution >= 0.6 is 0 Å². The predicted octanol–water partition coefficient (Wildman–Crippen LogP) is 5.39. The molecule has 46 heavy (non-hydrogen) atoms. The Labute approximate surface area is 261 Å². The van der Waals surface area contributed by atoms with Crippen molar-refractivity contribution in [2.45, 2.75) is 43.2 Å². The normalized spacial score (nSPS) is 24.6. The molecular formula is C33H31F5N6O2. The molecule has 0 N–H and O–H groups in total. The highest BCUT2D eigenvalue weighted by molar-refractivity contribution is 5.99. The molecule has 3 aliphatic rings. The lowest BCUT2D eigenvalue weighted by molar-refractivity contribution is -0.125. The number of rotatable bonds is 7. The van der Waals surface area contributed by atoms with E-state index in [-0.39, 0.29) is 65.5 Å². The Morgan fingerprint density at radius 2 is 1.96 bits per heavy atom. The minimum absolute atomic E-state index is 0.0171. The Hall–Kier alpha value is -4.39. The Kier molecular flexibility index (Phi) is 7.53. The first-order valence-corrected chi connectivity index (χ1v) is 15.1. The van der Waals surface area contributed by atoms with E-state index in [4.69, 9.17) is 4.74 Å². The van der Waals surface area contributed by atoms with Gasteiger partial charge in [-0.1, -0.05) is 30.8 Å². The molecule has 0 aliphatic carbocycles. The van der Waals surface area contributed by atoms with E-state index < -0.39 is 47.3 Å². The van der Waals surface area contributed by atoms with E-state index in [0.717, 1.165) is 31.5 Å². The molecule has 2 aromatic heterocycles. The number of likely N-dealkylation sites (tertiary alicyclic amines) is 1. The highest BCUT2D eigenvalue weighted by Crippen LogP contribution is 2.41. The molecule has 8 nitrogen and oxygen atoms in total. The van der Waals surface area contributed by atoms with Crippen LogP contribution in [0.2, 0.25) is 0 Å². The molecule has 5 heterocycles. The van der Waals surface area contributed by atoms with E-state index in [1.165, 1.54) is 28.1 Å². The summed E-state index contributed by atoms with van der Waals surface area (Å²) in [5, 5.41) is 0.326. The SMILES string of the molecule is C=CC(=O)N1C[C@H](F)[C@@H](N(C)c2nc(OC[C@@]34CCCN3C[C@H](F)C4)nc3c(F)c(-c4cccc5ccc(F)c(F)c45)ncc23)C1. The molecule has 4 atom stereocenters. The Morgan fingerprint density at radius 1 is 1.13 bits per heavy atom. The smallest absolute Gasteiger partial charge is 0.319 e. The third-order valence-corrected chi connectivity index (χ3v) is 9.60. The van der Waals surface area contributed by atoms with Gasteiger partial charge in [-0.25, -0.2) is 22.0 Å². The number of hydrogen-bond donors (Lipinski definition) is 0. The molecule has 240 valence electrons. The number of halogens is 5. The van der Waals surface area contributed by atoms with Crippen LogP contribution < -0.4 is 9.64 Å². The summed E-state index contributed by atoms with van der Waals surface area (Å²) in [7, 11) is 1.57. The molecule has 2 aromatic carbocycles. The summed E-state index contributed by atoms with van der Waals surface area (Å²) in [6.45, 7) is 4.45. The van der Waals surface area contributed by atoms with Gasteiger partial charge < -0.3 is 14.5 Å². The lowest BCUT2D eigenvalue weighted by atomic mass is 9.95. The molecular weight excluding hydrogens is 607 g/mol. The minimum Gasteiger partial charge on any atom is -0.461 e. The van der Waals surface area contributed by atoms with Gasteiger partial charge in [-0.3, -0.25) is 14.7 Å². The van der Waals surface area contributed by atoms with Gasteiger partial charge in [0.05, 0.1) is 23.5 Å². The van der Waals surface area contributed by atoms with Crippen molar-refractivity contribution in [1.82, 2.24) is 24.8 Å². The van der Waals surface area contributed by atoms with Crippen LogP contribution in [0.25, 0.3) is 32.9 Å². The molecule has 3 aliphatic heterocycles. The van der Waals surface area contributed by atoms with Crippen LogP contribution in [0.5, 0.6) is 6.01 Å². The number of likely N-dealkylation sites (N-methyl/N-ethyl adjacent to an activating group) is 1. The minimum atomic E-state index is -1.46. The summed E-state index contributed by atoms with van der Waals surface area (Å²) >= 11 is 0. The number of alkyl halides is 2. The molecule has 0 radical (unpaired) electrons. The third kappa shape index (κ3) is 4.91. The van der Waals surface area contributed by atoms with Crippen molar-refractivity contribution in [3.05, 3.63) is 66.6 Å². The first-order chi connectivity index (χ1) is 22.1. The van der Waals surface area contributed by atoms with Gasteiger partial charge in [-0.05, 0) is 36.9 Å². The van der Waals surface area contributed by atoms with Crippen LogP contribution in [0.15, 0.2) is 49.2 Å². The van der Waals surface area contributed by atoms with Crippen molar-refractivity contribution in [2.24, 2.45) is 0 Å². The van der Waals surface area contributed by atoms with Crippen molar-refractivity contribution in [3.63, 3.8) is 0 Å². The highest BCUT2D eigenvalue weighted by Gasteiger charge is 2.49. The fourth-order valence-electron chi connectivity index (χ4n) is 7.28. The largest absolute Gasteiger partial charge is 0.461 e. The summed E-state index contributed by atoms with van der Waals surface area (Å²) in [4.78, 5) is 30.4. The number of aromatic nitrogens is 3. The van der Waals surface area contributed by atoms with Crippen LogP contribution in [0, 0.1) is 17.5 Å². The van der Waals surface area contributed by atoms with E-state index in [0.29, 0.717) is 11.9 Å². The second kappa shape index (κ2) is 11.4. The average molecular weight is 639 g/mol. The summed E-state index contributed by atoms with van der Waals surface area (Å²) in [5.41, 5.74) is -1.03. The highest BCUT2D eigenvalue weighted by atomic mass is 19.2. The number of nitrogens with zero attached hydrogens (tertiary/aromatic N) is 6. The van der Waals surface area contributed by atoms with Gasteiger partial charge in [0.2, 0.25) is 5.91 Å². The lowest BCUT2D eigenvalue weighted by Gasteiger charge is -2.31. The Morgan fingerprint density at radius 3 is 2.76 bits per heavy atom. The number of hydrogen-bond acceptors (Lipinski definition) is 7. The van der Waals surface area contributed by atoms with Crippen LogP contribution in [0.1, 0.15) is 19.3 Å². The fourth-order valence-corrected chi connectivity index (χ4v) is 7.28. The fraction of sp³-hybridized carbons (Fsp3) is 0.394. The molecule has 4 aromatic rings. The van der Waals surface area contributed by atoms with Gasteiger partial charge in [0.25, 0.3) is 0 Å². The van der Waals surface area contributed by atoms with E-state index in [1.54, 1.807) is 19.2 Å². The Balaban J connectivity index is 1.34. The van der Waals surface area contributed by atoms with E-state index in [2.05, 4.69) is 26.4 Å². The topological polar surface area (TPSA) is 74.7 Å². The van der Waals surface area contributed by atoms with Crippen LogP contribution in [0.3, 0.4) is 0 Å². The number of fused-ring (bicyclic) bond motifs is 3. The number of carbonyl (C=O) groups is 1. The van der Waals surface area contributed by atoms with Crippen LogP contribution in [-0.2, 0) is 4.79 Å². The maximum atomic E-state index is 16.6. The summed E-state index contributed by atoms with van der Waals surface area (Å²) in [6, 6.07) is 5.92. The second-order valence-electron chi connectivity index (χ2n) is 12.3. The van der Waals surface area contributed by atoms with Crippen molar-refractivity contribution in [3.8, 4) is 17.3 Å². The maximum absolute atomic E-state index is 16.6. The summed E-state index contributed by atoms with van der Waals surface area (Å²) < 4.78 is 81.8. The average Bonchev–Trinajstić information content (AvgIpc) is 3.72. The van der Waals surface area contributed by atoms with Crippen LogP contribution in [-0.4, -0.2) is 94.4 Å². The van der Waals surface area contributed by atoms with Crippen LogP contribution in [0.4, 0.5) is 27.8 Å². The molecule has 13 heteroatoms. The van der Waals surface area contributed by atoms with Crippen molar-refractivity contribution in [1.29, 1.82) is 0 Å². The van der Waals surface area contributed by atoms with Gasteiger partial charge in [-0.15, -0.1) is 0 Å². The van der Waals surface area contributed by atoms with Crippen molar-refractivity contribution in [2.75, 3.05) is 44.7 Å².